The van der Waals surface area contributed by atoms with Gasteiger partial charge in [-0.15, -0.1) is 0 Å². The van der Waals surface area contributed by atoms with Gasteiger partial charge in [0.2, 0.25) is 0 Å². The average molecular weight is 541 g/mol. The Kier molecular flexibility index (Phi) is 5.05. The SMILES string of the molecule is O=C(NC12CC(n3cc(-c4ccc(C(F)(F)F)cn4)cn3)(C1)C2)C1CNc2cc(C(F)(F)F)c(F)cc2O1. The van der Waals surface area contributed by atoms with E-state index in [0.29, 0.717) is 42.7 Å². The Morgan fingerprint density at radius 3 is 2.45 bits per heavy atom. The number of hydrogen-bond donors (Lipinski definition) is 2. The number of nitrogens with zero attached hydrogens (tertiary/aromatic N) is 3. The summed E-state index contributed by atoms with van der Waals surface area (Å²) in [6, 6.07) is 3.46. The number of pyridine rings is 1. The zero-order chi connectivity index (χ0) is 27.1. The van der Waals surface area contributed by atoms with E-state index >= 15 is 0 Å². The van der Waals surface area contributed by atoms with Gasteiger partial charge >= 0.3 is 12.4 Å². The van der Waals surface area contributed by atoms with Crippen LogP contribution >= 0.6 is 0 Å². The number of nitrogens with one attached hydrogen (secondary N) is 2. The lowest BCUT2D eigenvalue weighted by molar-refractivity contribution is -0.163. The Labute approximate surface area is 210 Å². The number of ether oxygens (including phenoxy) is 1. The molecule has 2 N–H and O–H groups in total. The molecule has 200 valence electrons. The molecule has 3 saturated carbocycles. The molecule has 1 atom stereocenters. The first kappa shape index (κ1) is 24.5. The molecule has 0 spiro atoms. The van der Waals surface area contributed by atoms with E-state index in [9.17, 15) is 35.5 Å². The molecule has 0 radical (unpaired) electrons. The summed E-state index contributed by atoms with van der Waals surface area (Å²) in [6.45, 7) is -0.0916. The number of carbonyl (C=O) groups excluding carboxylic acids is 1. The summed E-state index contributed by atoms with van der Waals surface area (Å²) in [5, 5.41) is 9.97. The lowest BCUT2D eigenvalue weighted by Crippen LogP contribution is -2.79. The van der Waals surface area contributed by atoms with Gasteiger partial charge in [0, 0.05) is 29.6 Å². The van der Waals surface area contributed by atoms with E-state index in [0.717, 1.165) is 12.3 Å². The zero-order valence-electron chi connectivity index (χ0n) is 19.3. The molecule has 1 aliphatic heterocycles. The van der Waals surface area contributed by atoms with Crippen LogP contribution in [0.25, 0.3) is 11.3 Å². The van der Waals surface area contributed by atoms with Crippen LogP contribution in [0.2, 0.25) is 0 Å². The molecule has 1 amide bonds. The van der Waals surface area contributed by atoms with Gasteiger partial charge in [0.1, 0.15) is 11.6 Å². The quantitative estimate of drug-likeness (QED) is 0.467. The van der Waals surface area contributed by atoms with Gasteiger partial charge in [0.05, 0.1) is 40.8 Å². The van der Waals surface area contributed by atoms with Crippen molar-refractivity contribution in [2.45, 2.75) is 48.8 Å². The van der Waals surface area contributed by atoms with Gasteiger partial charge in [-0.1, -0.05) is 0 Å². The summed E-state index contributed by atoms with van der Waals surface area (Å²) in [4.78, 5) is 16.7. The Balaban J connectivity index is 1.08. The second-order valence-electron chi connectivity index (χ2n) is 9.94. The number of aromatic nitrogens is 3. The first-order valence-corrected chi connectivity index (χ1v) is 11.5. The van der Waals surface area contributed by atoms with Crippen LogP contribution in [0.4, 0.5) is 36.4 Å². The second kappa shape index (κ2) is 7.84. The third-order valence-electron chi connectivity index (χ3n) is 7.26. The fourth-order valence-corrected chi connectivity index (χ4v) is 5.45. The van der Waals surface area contributed by atoms with E-state index in [-0.39, 0.29) is 23.5 Å². The fraction of sp³-hybridized carbons (Fsp3) is 0.375. The van der Waals surface area contributed by atoms with Crippen molar-refractivity contribution in [3.8, 4) is 17.0 Å². The molecule has 1 aromatic carbocycles. The van der Waals surface area contributed by atoms with E-state index in [4.69, 9.17) is 4.74 Å². The van der Waals surface area contributed by atoms with Crippen molar-refractivity contribution < 1.29 is 40.3 Å². The van der Waals surface area contributed by atoms with Gasteiger partial charge in [0.15, 0.2) is 6.10 Å². The van der Waals surface area contributed by atoms with Crippen LogP contribution in [0.5, 0.6) is 5.75 Å². The standard InChI is InChI=1S/C24H18F7N5O2/c25-15-4-18-17(3-14(15)24(29,30)31)33-7-19(38-18)20(37)35-21-9-22(10-21,11-21)36-8-12(5-34-36)16-2-1-13(6-32-16)23(26,27)28/h1-6,8,19,33H,7,9-11H2,(H,35,37). The molecule has 38 heavy (non-hydrogen) atoms. The fourth-order valence-electron chi connectivity index (χ4n) is 5.45. The summed E-state index contributed by atoms with van der Waals surface area (Å²) in [5.74, 6) is -2.16. The highest BCUT2D eigenvalue weighted by Gasteiger charge is 2.70. The molecule has 4 aliphatic rings. The molecule has 3 fully saturated rings. The summed E-state index contributed by atoms with van der Waals surface area (Å²) in [7, 11) is 0. The van der Waals surface area contributed by atoms with Crippen LogP contribution in [0.1, 0.15) is 30.4 Å². The normalized spacial score (nSPS) is 25.8. The number of halogens is 7. The first-order chi connectivity index (χ1) is 17.8. The van der Waals surface area contributed by atoms with Crippen molar-refractivity contribution in [2.24, 2.45) is 0 Å². The molecule has 3 heterocycles. The maximum absolute atomic E-state index is 13.9. The van der Waals surface area contributed by atoms with Gasteiger partial charge in [0.25, 0.3) is 5.91 Å². The lowest BCUT2D eigenvalue weighted by atomic mass is 9.44. The zero-order valence-corrected chi connectivity index (χ0v) is 19.3. The minimum atomic E-state index is -4.86. The number of benzene rings is 1. The van der Waals surface area contributed by atoms with E-state index < -0.39 is 46.8 Å². The van der Waals surface area contributed by atoms with Gasteiger partial charge in [-0.05, 0) is 37.5 Å². The van der Waals surface area contributed by atoms with Crippen molar-refractivity contribution in [1.29, 1.82) is 0 Å². The maximum Gasteiger partial charge on any atom is 0.419 e. The third-order valence-corrected chi connectivity index (χ3v) is 7.26. The number of hydrogen-bond acceptors (Lipinski definition) is 5. The van der Waals surface area contributed by atoms with Crippen molar-refractivity contribution in [3.63, 3.8) is 0 Å². The third kappa shape index (κ3) is 3.93. The van der Waals surface area contributed by atoms with E-state index in [2.05, 4.69) is 20.7 Å². The molecule has 7 rings (SSSR count). The molecule has 1 unspecified atom stereocenters. The van der Waals surface area contributed by atoms with Crippen LogP contribution in [0.15, 0.2) is 42.9 Å². The van der Waals surface area contributed by atoms with Crippen LogP contribution in [-0.2, 0) is 22.7 Å². The first-order valence-electron chi connectivity index (χ1n) is 11.5. The minimum absolute atomic E-state index is 0.0516. The molecule has 2 bridgehead atoms. The molecular formula is C24H18F7N5O2. The summed E-state index contributed by atoms with van der Waals surface area (Å²) >= 11 is 0. The number of amides is 1. The highest BCUT2D eigenvalue weighted by atomic mass is 19.4. The largest absolute Gasteiger partial charge is 0.476 e. The lowest BCUT2D eigenvalue weighted by Gasteiger charge is -2.70. The number of fused-ring (bicyclic) bond motifs is 1. The van der Waals surface area contributed by atoms with E-state index in [1.54, 1.807) is 10.9 Å². The minimum Gasteiger partial charge on any atom is -0.476 e. The van der Waals surface area contributed by atoms with Crippen LogP contribution < -0.4 is 15.4 Å². The summed E-state index contributed by atoms with van der Waals surface area (Å²) in [6.07, 6.45) is -4.73. The molecule has 0 saturated heterocycles. The Morgan fingerprint density at radius 1 is 1.08 bits per heavy atom. The van der Waals surface area contributed by atoms with Gasteiger partial charge in [-0.2, -0.15) is 31.4 Å². The van der Waals surface area contributed by atoms with Gasteiger partial charge < -0.3 is 15.4 Å². The van der Waals surface area contributed by atoms with Gasteiger partial charge in [-0.3, -0.25) is 14.5 Å². The second-order valence-corrected chi connectivity index (χ2v) is 9.94. The van der Waals surface area contributed by atoms with Crippen molar-refractivity contribution >= 4 is 11.6 Å². The molecule has 7 nitrogen and oxygen atoms in total. The highest BCUT2D eigenvalue weighted by Crippen LogP contribution is 2.65. The topological polar surface area (TPSA) is 81.1 Å². The molecular weight excluding hydrogens is 523 g/mol. The number of anilines is 1. The van der Waals surface area contributed by atoms with E-state index in [1.807, 2.05) is 0 Å². The molecule has 3 aromatic rings. The number of alkyl halides is 6. The van der Waals surface area contributed by atoms with E-state index in [1.165, 1.54) is 12.3 Å². The molecule has 2 aromatic heterocycles. The monoisotopic (exact) mass is 541 g/mol. The Bertz CT molecular complexity index is 1410. The van der Waals surface area contributed by atoms with Crippen molar-refractivity contribution in [3.05, 3.63) is 59.8 Å². The number of carbonyl (C=O) groups is 1. The van der Waals surface area contributed by atoms with Crippen LogP contribution in [0.3, 0.4) is 0 Å². The summed E-state index contributed by atoms with van der Waals surface area (Å²) in [5.41, 5.74) is -2.25. The van der Waals surface area contributed by atoms with Gasteiger partial charge in [-0.25, -0.2) is 4.39 Å². The highest BCUT2D eigenvalue weighted by molar-refractivity contribution is 5.84. The predicted molar refractivity (Wildman–Crippen MR) is 117 cm³/mol. The Morgan fingerprint density at radius 2 is 1.82 bits per heavy atom. The smallest absolute Gasteiger partial charge is 0.419 e. The maximum atomic E-state index is 13.9. The Hall–Kier alpha value is -3.84. The molecule has 14 heteroatoms. The van der Waals surface area contributed by atoms with Crippen LogP contribution in [0, 0.1) is 5.82 Å². The van der Waals surface area contributed by atoms with Crippen LogP contribution in [-0.4, -0.2) is 38.9 Å². The summed E-state index contributed by atoms with van der Waals surface area (Å²) < 4.78 is 98.3. The van der Waals surface area contributed by atoms with Crippen molar-refractivity contribution in [1.82, 2.24) is 20.1 Å². The molecule has 3 aliphatic carbocycles. The van der Waals surface area contributed by atoms with Crippen molar-refractivity contribution in [2.75, 3.05) is 11.9 Å². The predicted octanol–water partition coefficient (Wildman–Crippen LogP) is 4.74. The number of rotatable bonds is 4. The average Bonchev–Trinajstić information content (AvgIpc) is 3.28.